The summed E-state index contributed by atoms with van der Waals surface area (Å²) in [5.74, 6) is 1.91. The summed E-state index contributed by atoms with van der Waals surface area (Å²) in [5, 5.41) is 2.68. The number of alkyl carbamates (subject to hydrolysis) is 1. The predicted octanol–water partition coefficient (Wildman–Crippen LogP) is 2.59. The third-order valence-corrected chi connectivity index (χ3v) is 3.71. The predicted molar refractivity (Wildman–Crippen MR) is 85.9 cm³/mol. The maximum atomic E-state index is 12.2. The Balaban J connectivity index is 2.18. The molecule has 1 N–H and O–H groups in total. The van der Waals surface area contributed by atoms with Gasteiger partial charge in [0, 0.05) is 11.5 Å². The number of esters is 1. The van der Waals surface area contributed by atoms with Gasteiger partial charge in [0.15, 0.2) is 0 Å². The fraction of sp³-hybridized carbons (Fsp3) is 0.444. The first-order valence-electron chi connectivity index (χ1n) is 7.38. The van der Waals surface area contributed by atoms with E-state index in [1.54, 1.807) is 20.8 Å². The van der Waals surface area contributed by atoms with Crippen LogP contribution in [0.2, 0.25) is 0 Å². The van der Waals surface area contributed by atoms with Crippen LogP contribution in [0.15, 0.2) is 24.3 Å². The molecule has 5 heteroatoms. The summed E-state index contributed by atoms with van der Waals surface area (Å²) >= 11 is 0. The summed E-state index contributed by atoms with van der Waals surface area (Å²) in [5.41, 5.74) is -0.0294. The third-order valence-electron chi connectivity index (χ3n) is 3.71. The number of benzene rings is 1. The Hall–Kier alpha value is -2.48. The van der Waals surface area contributed by atoms with Gasteiger partial charge < -0.3 is 14.8 Å². The summed E-state index contributed by atoms with van der Waals surface area (Å²) in [4.78, 5) is 24.2. The van der Waals surface area contributed by atoms with Crippen molar-refractivity contribution in [3.63, 3.8) is 0 Å². The number of carbonyl (C=O) groups excluding carboxylic acids is 2. The normalized spacial score (nSPS) is 22.7. The summed E-state index contributed by atoms with van der Waals surface area (Å²) in [6.45, 7) is 5.29. The van der Waals surface area contributed by atoms with Crippen LogP contribution in [0, 0.1) is 12.3 Å². The van der Waals surface area contributed by atoms with Gasteiger partial charge >= 0.3 is 12.1 Å². The van der Waals surface area contributed by atoms with Crippen LogP contribution in [-0.4, -0.2) is 30.3 Å². The Morgan fingerprint density at radius 2 is 1.91 bits per heavy atom. The van der Waals surface area contributed by atoms with E-state index in [0.717, 1.165) is 11.1 Å². The van der Waals surface area contributed by atoms with Crippen molar-refractivity contribution < 1.29 is 19.1 Å². The molecule has 122 valence electrons. The number of amides is 1. The highest BCUT2D eigenvalue weighted by molar-refractivity contribution is 5.91. The number of methoxy groups -OCH3 is 1. The number of ether oxygens (including phenoxy) is 2. The second-order valence-corrected chi connectivity index (χ2v) is 6.61. The molecule has 1 aromatic rings. The van der Waals surface area contributed by atoms with E-state index in [4.69, 9.17) is 15.9 Å². The molecule has 0 bridgehead atoms. The molecule has 2 rings (SSSR count). The van der Waals surface area contributed by atoms with Crippen LogP contribution in [0.3, 0.4) is 0 Å². The van der Waals surface area contributed by atoms with Crippen molar-refractivity contribution in [2.45, 2.75) is 44.2 Å². The van der Waals surface area contributed by atoms with Gasteiger partial charge in [0.1, 0.15) is 11.1 Å². The van der Waals surface area contributed by atoms with Crippen LogP contribution in [-0.2, 0) is 14.3 Å². The molecule has 0 heterocycles. The highest BCUT2D eigenvalue weighted by atomic mass is 16.6. The van der Waals surface area contributed by atoms with Crippen LogP contribution in [0.1, 0.15) is 44.2 Å². The fourth-order valence-electron chi connectivity index (χ4n) is 2.56. The summed E-state index contributed by atoms with van der Waals surface area (Å²) in [6.07, 6.45) is 5.17. The average Bonchev–Trinajstić information content (AvgIpc) is 3.19. The molecule has 1 amide bonds. The number of hydrogen-bond acceptors (Lipinski definition) is 4. The van der Waals surface area contributed by atoms with Gasteiger partial charge in [-0.25, -0.2) is 9.59 Å². The van der Waals surface area contributed by atoms with Crippen molar-refractivity contribution in [2.24, 2.45) is 0 Å². The minimum absolute atomic E-state index is 0.158. The molecule has 23 heavy (non-hydrogen) atoms. The maximum absolute atomic E-state index is 12.2. The summed E-state index contributed by atoms with van der Waals surface area (Å²) in [7, 11) is 1.30. The molecule has 1 aliphatic carbocycles. The van der Waals surface area contributed by atoms with E-state index >= 15 is 0 Å². The van der Waals surface area contributed by atoms with Crippen LogP contribution in [0.4, 0.5) is 4.79 Å². The number of carbonyl (C=O) groups is 2. The van der Waals surface area contributed by atoms with Crippen molar-refractivity contribution in [2.75, 3.05) is 7.11 Å². The highest BCUT2D eigenvalue weighted by Gasteiger charge is 2.63. The molecule has 0 spiro atoms. The molecular formula is C18H21NO4. The summed E-state index contributed by atoms with van der Waals surface area (Å²) < 4.78 is 10.1. The minimum Gasteiger partial charge on any atom is -0.467 e. The van der Waals surface area contributed by atoms with E-state index in [1.165, 1.54) is 7.11 Å². The van der Waals surface area contributed by atoms with Gasteiger partial charge in [-0.3, -0.25) is 0 Å². The van der Waals surface area contributed by atoms with E-state index in [9.17, 15) is 9.59 Å². The van der Waals surface area contributed by atoms with Crippen molar-refractivity contribution >= 4 is 12.1 Å². The topological polar surface area (TPSA) is 64.6 Å². The van der Waals surface area contributed by atoms with Gasteiger partial charge in [0.2, 0.25) is 0 Å². The minimum atomic E-state index is -1.07. The Bertz CT molecular complexity index is 651. The average molecular weight is 315 g/mol. The van der Waals surface area contributed by atoms with E-state index < -0.39 is 23.2 Å². The van der Waals surface area contributed by atoms with Crippen LogP contribution in [0.25, 0.3) is 0 Å². The molecular weight excluding hydrogens is 294 g/mol. The first-order chi connectivity index (χ1) is 10.7. The van der Waals surface area contributed by atoms with Gasteiger partial charge in [-0.1, -0.05) is 18.1 Å². The SMILES string of the molecule is C#Cc1ccc(C2CC2(NC(=O)OC(C)(C)C)C(=O)OC)cc1. The van der Waals surface area contributed by atoms with E-state index in [1.807, 2.05) is 24.3 Å². The second kappa shape index (κ2) is 5.96. The van der Waals surface area contributed by atoms with Crippen LogP contribution in [0.5, 0.6) is 0 Å². The number of nitrogens with one attached hydrogen (secondary N) is 1. The van der Waals surface area contributed by atoms with Gasteiger partial charge in [-0.15, -0.1) is 6.42 Å². The standard InChI is InChI=1S/C18H21NO4/c1-6-12-7-9-13(10-8-12)14-11-18(14,15(20)22-5)19-16(21)23-17(2,3)4/h1,7-10,14H,11H2,2-5H3,(H,19,21). The van der Waals surface area contributed by atoms with Crippen molar-refractivity contribution in [1.29, 1.82) is 0 Å². The number of hydrogen-bond donors (Lipinski definition) is 1. The largest absolute Gasteiger partial charge is 0.467 e. The Morgan fingerprint density at radius 1 is 1.30 bits per heavy atom. The lowest BCUT2D eigenvalue weighted by atomic mass is 10.0. The van der Waals surface area contributed by atoms with Gasteiger partial charge in [-0.05, 0) is 44.9 Å². The monoisotopic (exact) mass is 315 g/mol. The second-order valence-electron chi connectivity index (χ2n) is 6.61. The molecule has 5 nitrogen and oxygen atoms in total. The number of rotatable bonds is 3. The molecule has 0 saturated heterocycles. The third kappa shape index (κ3) is 3.65. The number of terminal acetylenes is 1. The zero-order chi connectivity index (χ0) is 17.3. The maximum Gasteiger partial charge on any atom is 0.408 e. The summed E-state index contributed by atoms with van der Waals surface area (Å²) in [6, 6.07) is 7.34. The van der Waals surface area contributed by atoms with Crippen molar-refractivity contribution in [3.8, 4) is 12.3 Å². The van der Waals surface area contributed by atoms with E-state index in [0.29, 0.717) is 6.42 Å². The Morgan fingerprint density at radius 3 is 2.39 bits per heavy atom. The zero-order valence-corrected chi connectivity index (χ0v) is 13.8. The molecule has 0 aliphatic heterocycles. The molecule has 2 atom stereocenters. The van der Waals surface area contributed by atoms with E-state index in [-0.39, 0.29) is 5.92 Å². The molecule has 0 aromatic heterocycles. The Labute approximate surface area is 136 Å². The molecule has 2 unspecified atom stereocenters. The first-order valence-corrected chi connectivity index (χ1v) is 7.38. The van der Waals surface area contributed by atoms with Crippen molar-refractivity contribution in [3.05, 3.63) is 35.4 Å². The van der Waals surface area contributed by atoms with Gasteiger partial charge in [0.25, 0.3) is 0 Å². The van der Waals surface area contributed by atoms with E-state index in [2.05, 4.69) is 11.2 Å². The molecule has 1 aliphatic rings. The first kappa shape index (κ1) is 16.9. The van der Waals surface area contributed by atoms with Gasteiger partial charge in [-0.2, -0.15) is 0 Å². The van der Waals surface area contributed by atoms with Gasteiger partial charge in [0.05, 0.1) is 7.11 Å². The lowest BCUT2D eigenvalue weighted by molar-refractivity contribution is -0.144. The smallest absolute Gasteiger partial charge is 0.408 e. The lowest BCUT2D eigenvalue weighted by Crippen LogP contribution is -2.47. The van der Waals surface area contributed by atoms with Crippen LogP contribution < -0.4 is 5.32 Å². The van der Waals surface area contributed by atoms with Crippen molar-refractivity contribution in [1.82, 2.24) is 5.32 Å². The quantitative estimate of drug-likeness (QED) is 0.688. The molecule has 1 saturated carbocycles. The van der Waals surface area contributed by atoms with Crippen LogP contribution >= 0.6 is 0 Å². The fourth-order valence-corrected chi connectivity index (χ4v) is 2.56. The molecule has 0 radical (unpaired) electrons. The Kier molecular flexibility index (Phi) is 4.37. The zero-order valence-electron chi connectivity index (χ0n) is 13.8. The molecule has 1 aromatic carbocycles. The lowest BCUT2D eigenvalue weighted by Gasteiger charge is -2.23. The highest BCUT2D eigenvalue weighted by Crippen LogP contribution is 2.52. The molecule has 1 fully saturated rings.